The fourth-order valence-corrected chi connectivity index (χ4v) is 4.01. The Morgan fingerprint density at radius 1 is 1.15 bits per heavy atom. The minimum atomic E-state index is -0.172. The monoisotopic (exact) mass is 450 g/mol. The maximum atomic E-state index is 13.0. The Bertz CT molecular complexity index is 1190. The zero-order chi connectivity index (χ0) is 23.4. The fourth-order valence-electron chi connectivity index (χ4n) is 4.01. The van der Waals surface area contributed by atoms with Crippen molar-refractivity contribution in [3.05, 3.63) is 64.2 Å². The summed E-state index contributed by atoms with van der Waals surface area (Å²) in [7, 11) is 0. The number of rotatable bonds is 8. The number of nitrogens with zero attached hydrogens (tertiary/aromatic N) is 2. The zero-order valence-corrected chi connectivity index (χ0v) is 19.3. The van der Waals surface area contributed by atoms with E-state index >= 15 is 0 Å². The van der Waals surface area contributed by atoms with Gasteiger partial charge >= 0.3 is 0 Å². The van der Waals surface area contributed by atoms with Crippen LogP contribution in [0.15, 0.2) is 47.3 Å². The highest BCUT2D eigenvalue weighted by Crippen LogP contribution is 2.34. The van der Waals surface area contributed by atoms with Crippen molar-refractivity contribution < 1.29 is 14.3 Å². The number of hydrogen-bond donors (Lipinski definition) is 2. The molecule has 1 aromatic heterocycles. The molecular formula is C25H30N4O4. The first-order chi connectivity index (χ1) is 15.9. The summed E-state index contributed by atoms with van der Waals surface area (Å²) in [5.74, 6) is 2.08. The molecule has 0 radical (unpaired) electrons. The van der Waals surface area contributed by atoms with Gasteiger partial charge in [0.2, 0.25) is 5.91 Å². The first-order valence-corrected chi connectivity index (χ1v) is 11.3. The number of nitrogens with one attached hydrogen (secondary N) is 2. The van der Waals surface area contributed by atoms with E-state index in [0.717, 1.165) is 11.3 Å². The van der Waals surface area contributed by atoms with Gasteiger partial charge in [0, 0.05) is 0 Å². The molecule has 174 valence electrons. The molecule has 1 amide bonds. The molecule has 8 nitrogen and oxygen atoms in total. The number of benzene rings is 2. The Morgan fingerprint density at radius 3 is 2.67 bits per heavy atom. The number of hydrogen-bond acceptors (Lipinski definition) is 6. The minimum absolute atomic E-state index is 0.0893. The van der Waals surface area contributed by atoms with Crippen molar-refractivity contribution >= 4 is 16.8 Å². The number of likely N-dealkylation sites (N-methyl/N-ethyl adjacent to an activating group) is 1. The molecule has 2 heterocycles. The molecule has 0 bridgehead atoms. The van der Waals surface area contributed by atoms with Gasteiger partial charge in [-0.3, -0.25) is 14.5 Å². The average molecular weight is 451 g/mol. The van der Waals surface area contributed by atoms with Crippen LogP contribution in [-0.4, -0.2) is 47.1 Å². The van der Waals surface area contributed by atoms with Gasteiger partial charge in [-0.25, -0.2) is 4.98 Å². The molecular weight excluding hydrogens is 420 g/mol. The lowest BCUT2D eigenvalue weighted by molar-refractivity contribution is -0.123. The van der Waals surface area contributed by atoms with Gasteiger partial charge in [0.1, 0.15) is 19.0 Å². The topological polar surface area (TPSA) is 96.6 Å². The quantitative estimate of drug-likeness (QED) is 0.548. The third kappa shape index (κ3) is 5.34. The largest absolute Gasteiger partial charge is 0.486 e. The van der Waals surface area contributed by atoms with Crippen molar-refractivity contribution in [1.29, 1.82) is 0 Å². The molecule has 2 N–H and O–H groups in total. The summed E-state index contributed by atoms with van der Waals surface area (Å²) in [4.78, 5) is 34.7. The van der Waals surface area contributed by atoms with E-state index in [1.54, 1.807) is 6.07 Å². The van der Waals surface area contributed by atoms with Crippen molar-refractivity contribution in [3.63, 3.8) is 0 Å². The molecule has 0 saturated carbocycles. The second-order valence-electron chi connectivity index (χ2n) is 8.53. The van der Waals surface area contributed by atoms with Gasteiger partial charge in [-0.15, -0.1) is 0 Å². The number of H-pyrrole nitrogens is 1. The molecule has 3 aromatic rings. The van der Waals surface area contributed by atoms with Crippen molar-refractivity contribution in [2.24, 2.45) is 5.92 Å². The van der Waals surface area contributed by atoms with Crippen LogP contribution in [-0.2, 0) is 11.3 Å². The van der Waals surface area contributed by atoms with Crippen LogP contribution < -0.4 is 20.3 Å². The lowest BCUT2D eigenvalue weighted by Crippen LogP contribution is -2.40. The second-order valence-corrected chi connectivity index (χ2v) is 8.53. The number of amides is 1. The fraction of sp³-hybridized carbons (Fsp3) is 0.400. The molecule has 0 unspecified atom stereocenters. The Hall–Kier alpha value is -3.39. The van der Waals surface area contributed by atoms with E-state index in [2.05, 4.69) is 29.1 Å². The molecule has 0 fully saturated rings. The van der Waals surface area contributed by atoms with Crippen LogP contribution in [0.1, 0.15) is 38.2 Å². The molecule has 1 aliphatic heterocycles. The number of carbonyl (C=O) groups is 1. The van der Waals surface area contributed by atoms with E-state index in [-0.39, 0.29) is 30.0 Å². The van der Waals surface area contributed by atoms with E-state index in [4.69, 9.17) is 9.47 Å². The van der Waals surface area contributed by atoms with Gasteiger partial charge in [0.25, 0.3) is 5.56 Å². The highest BCUT2D eigenvalue weighted by molar-refractivity contribution is 5.79. The van der Waals surface area contributed by atoms with Crippen molar-refractivity contribution in [2.75, 3.05) is 26.3 Å². The van der Waals surface area contributed by atoms with E-state index in [1.807, 2.05) is 48.2 Å². The SMILES string of the molecule is CCN(CC(=O)N[C@@H](c1ccc2c(c1)OCCO2)C(C)C)Cc1nc2ccccc2c(=O)[nH]1. The van der Waals surface area contributed by atoms with Crippen LogP contribution in [0.5, 0.6) is 11.5 Å². The summed E-state index contributed by atoms with van der Waals surface area (Å²) < 4.78 is 11.3. The van der Waals surface area contributed by atoms with Gasteiger partial charge in [-0.2, -0.15) is 0 Å². The Morgan fingerprint density at radius 2 is 1.91 bits per heavy atom. The summed E-state index contributed by atoms with van der Waals surface area (Å²) in [5, 5.41) is 3.72. The predicted molar refractivity (Wildman–Crippen MR) is 126 cm³/mol. The van der Waals surface area contributed by atoms with Gasteiger partial charge < -0.3 is 19.8 Å². The molecule has 0 spiro atoms. The van der Waals surface area contributed by atoms with Crippen LogP contribution in [0.3, 0.4) is 0 Å². The van der Waals surface area contributed by atoms with Crippen molar-refractivity contribution in [3.8, 4) is 11.5 Å². The predicted octanol–water partition coefficient (Wildman–Crippen LogP) is 3.03. The first kappa shape index (κ1) is 22.8. The van der Waals surface area contributed by atoms with E-state index in [9.17, 15) is 9.59 Å². The molecule has 1 aliphatic rings. The third-order valence-corrected chi connectivity index (χ3v) is 5.76. The smallest absolute Gasteiger partial charge is 0.258 e. The number of carbonyl (C=O) groups excluding carboxylic acids is 1. The van der Waals surface area contributed by atoms with E-state index in [1.165, 1.54) is 0 Å². The van der Waals surface area contributed by atoms with Crippen LogP contribution >= 0.6 is 0 Å². The summed E-state index contributed by atoms with van der Waals surface area (Å²) in [6.07, 6.45) is 0. The summed E-state index contributed by atoms with van der Waals surface area (Å²) in [6, 6.07) is 12.9. The molecule has 4 rings (SSSR count). The maximum Gasteiger partial charge on any atom is 0.258 e. The number of fused-ring (bicyclic) bond motifs is 2. The van der Waals surface area contributed by atoms with Crippen molar-refractivity contribution in [2.45, 2.75) is 33.4 Å². The Kier molecular flexibility index (Phi) is 6.93. The molecule has 8 heteroatoms. The number of aromatic amines is 1. The van der Waals surface area contributed by atoms with Crippen LogP contribution in [0, 0.1) is 5.92 Å². The van der Waals surface area contributed by atoms with Gasteiger partial charge in [-0.05, 0) is 42.3 Å². The van der Waals surface area contributed by atoms with Gasteiger partial charge in [0.15, 0.2) is 11.5 Å². The zero-order valence-electron chi connectivity index (χ0n) is 19.3. The lowest BCUT2D eigenvalue weighted by Gasteiger charge is -2.27. The highest BCUT2D eigenvalue weighted by Gasteiger charge is 2.22. The van der Waals surface area contributed by atoms with E-state index in [0.29, 0.717) is 48.8 Å². The number of ether oxygens (including phenoxy) is 2. The van der Waals surface area contributed by atoms with Gasteiger partial charge in [-0.1, -0.05) is 39.0 Å². The number of aromatic nitrogens is 2. The molecule has 33 heavy (non-hydrogen) atoms. The summed E-state index contributed by atoms with van der Waals surface area (Å²) in [6.45, 7) is 8.40. The van der Waals surface area contributed by atoms with E-state index < -0.39 is 0 Å². The molecule has 0 aliphatic carbocycles. The summed E-state index contributed by atoms with van der Waals surface area (Å²) in [5.41, 5.74) is 1.45. The first-order valence-electron chi connectivity index (χ1n) is 11.3. The minimum Gasteiger partial charge on any atom is -0.486 e. The maximum absolute atomic E-state index is 13.0. The Balaban J connectivity index is 1.45. The standard InChI is InChI=1S/C25H30N4O4/c1-4-29(14-22-26-19-8-6-5-7-18(19)25(31)27-22)15-23(30)28-24(16(2)3)17-9-10-20-21(13-17)33-12-11-32-20/h5-10,13,16,24H,4,11-12,14-15H2,1-3H3,(H,28,30)(H,26,27,31)/t24-/m1/s1. The van der Waals surface area contributed by atoms with Crippen LogP contribution in [0.4, 0.5) is 0 Å². The van der Waals surface area contributed by atoms with Gasteiger partial charge in [0.05, 0.1) is 30.0 Å². The highest BCUT2D eigenvalue weighted by atomic mass is 16.6. The molecule has 0 saturated heterocycles. The lowest BCUT2D eigenvalue weighted by atomic mass is 9.95. The Labute approximate surface area is 192 Å². The molecule has 1 atom stereocenters. The molecule has 2 aromatic carbocycles. The second kappa shape index (κ2) is 10.0. The van der Waals surface area contributed by atoms with Crippen LogP contribution in [0.2, 0.25) is 0 Å². The van der Waals surface area contributed by atoms with Crippen molar-refractivity contribution in [1.82, 2.24) is 20.2 Å². The number of para-hydroxylation sites is 1. The third-order valence-electron chi connectivity index (χ3n) is 5.76. The summed E-state index contributed by atoms with van der Waals surface area (Å²) >= 11 is 0. The normalized spacial score (nSPS) is 14.0. The average Bonchev–Trinajstić information content (AvgIpc) is 2.81. The van der Waals surface area contributed by atoms with Crippen LogP contribution in [0.25, 0.3) is 10.9 Å².